The fraction of sp³-hybridized carbons (Fsp3) is 0.357. The molecule has 0 fully saturated rings. The lowest BCUT2D eigenvalue weighted by molar-refractivity contribution is -0.137. The summed E-state index contributed by atoms with van der Waals surface area (Å²) in [6.45, 7) is 0.707. The Morgan fingerprint density at radius 1 is 1.25 bits per heavy atom. The van der Waals surface area contributed by atoms with Crippen LogP contribution in [0.2, 0.25) is 0 Å². The zero-order valence-corrected chi connectivity index (χ0v) is 13.2. The molecule has 20 heavy (non-hydrogen) atoms. The van der Waals surface area contributed by atoms with Gasteiger partial charge in [-0.3, -0.25) is 4.79 Å². The molecule has 1 N–H and O–H groups in total. The van der Waals surface area contributed by atoms with E-state index < -0.39 is 5.97 Å². The minimum absolute atomic E-state index is 0.219. The molecule has 0 saturated carbocycles. The van der Waals surface area contributed by atoms with Gasteiger partial charge in [0.25, 0.3) is 0 Å². The molecule has 106 valence electrons. The summed E-state index contributed by atoms with van der Waals surface area (Å²) < 4.78 is 3.03. The number of benzene rings is 1. The van der Waals surface area contributed by atoms with Gasteiger partial charge in [0.1, 0.15) is 0 Å². The van der Waals surface area contributed by atoms with E-state index >= 15 is 0 Å². The summed E-state index contributed by atoms with van der Waals surface area (Å²) in [5.74, 6) is -0.743. The van der Waals surface area contributed by atoms with Crippen LogP contribution in [0.15, 0.2) is 30.5 Å². The zero-order valence-electron chi connectivity index (χ0n) is 11.0. The number of nitrogens with zero attached hydrogens (tertiary/aromatic N) is 3. The molecule has 2 rings (SSSR count). The highest BCUT2D eigenvalue weighted by Crippen LogP contribution is 2.09. The van der Waals surface area contributed by atoms with Crippen molar-refractivity contribution in [1.82, 2.24) is 15.0 Å². The maximum Gasteiger partial charge on any atom is 0.303 e. The predicted molar refractivity (Wildman–Crippen MR) is 83.5 cm³/mol. The van der Waals surface area contributed by atoms with E-state index in [1.54, 1.807) is 0 Å². The molecular weight excluding hydrogens is 369 g/mol. The van der Waals surface area contributed by atoms with Gasteiger partial charge in [0, 0.05) is 16.2 Å². The van der Waals surface area contributed by atoms with Gasteiger partial charge in [-0.1, -0.05) is 17.3 Å². The minimum Gasteiger partial charge on any atom is -0.481 e. The Morgan fingerprint density at radius 3 is 2.70 bits per heavy atom. The second-order valence-electron chi connectivity index (χ2n) is 4.63. The van der Waals surface area contributed by atoms with Crippen LogP contribution < -0.4 is 0 Å². The second-order valence-corrected chi connectivity index (χ2v) is 5.88. The number of halogens is 1. The van der Waals surface area contributed by atoms with Crippen molar-refractivity contribution in [2.45, 2.75) is 32.2 Å². The molecule has 0 amide bonds. The van der Waals surface area contributed by atoms with E-state index in [2.05, 4.69) is 57.2 Å². The molecule has 0 atom stereocenters. The van der Waals surface area contributed by atoms with Gasteiger partial charge >= 0.3 is 5.97 Å². The summed E-state index contributed by atoms with van der Waals surface area (Å²) in [4.78, 5) is 10.4. The van der Waals surface area contributed by atoms with Gasteiger partial charge < -0.3 is 5.11 Å². The quantitative estimate of drug-likeness (QED) is 0.588. The first-order valence-electron chi connectivity index (χ1n) is 6.49. The first-order chi connectivity index (χ1) is 9.63. The smallest absolute Gasteiger partial charge is 0.303 e. The van der Waals surface area contributed by atoms with Crippen LogP contribution in [0.25, 0.3) is 0 Å². The Labute approximate surface area is 131 Å². The summed E-state index contributed by atoms with van der Waals surface area (Å²) in [7, 11) is 0. The lowest BCUT2D eigenvalue weighted by Gasteiger charge is -2.00. The lowest BCUT2D eigenvalue weighted by Crippen LogP contribution is -2.00. The molecule has 0 aliphatic heterocycles. The monoisotopic (exact) mass is 385 g/mol. The summed E-state index contributed by atoms with van der Waals surface area (Å²) in [6, 6.07) is 8.30. The third kappa shape index (κ3) is 4.92. The number of rotatable bonds is 7. The molecule has 1 aromatic carbocycles. The van der Waals surface area contributed by atoms with E-state index in [1.807, 2.05) is 10.9 Å². The molecule has 1 aromatic heterocycles. The van der Waals surface area contributed by atoms with E-state index in [-0.39, 0.29) is 6.42 Å². The molecule has 0 radical (unpaired) electrons. The fourth-order valence-corrected chi connectivity index (χ4v) is 2.25. The average Bonchev–Trinajstić information content (AvgIpc) is 2.85. The average molecular weight is 385 g/mol. The Morgan fingerprint density at radius 2 is 2.00 bits per heavy atom. The van der Waals surface area contributed by atoms with Crippen LogP contribution >= 0.6 is 22.6 Å². The van der Waals surface area contributed by atoms with E-state index in [0.717, 1.165) is 18.5 Å². The zero-order chi connectivity index (χ0) is 14.4. The maximum atomic E-state index is 10.4. The van der Waals surface area contributed by atoms with Crippen molar-refractivity contribution in [2.75, 3.05) is 0 Å². The number of hydrogen-bond acceptors (Lipinski definition) is 3. The van der Waals surface area contributed by atoms with Crippen molar-refractivity contribution >= 4 is 28.6 Å². The summed E-state index contributed by atoms with van der Waals surface area (Å²) in [5, 5.41) is 16.8. The van der Waals surface area contributed by atoms with Crippen LogP contribution in [0.4, 0.5) is 0 Å². The van der Waals surface area contributed by atoms with Gasteiger partial charge in [-0.2, -0.15) is 0 Å². The van der Waals surface area contributed by atoms with E-state index in [0.29, 0.717) is 13.0 Å². The molecule has 0 bridgehead atoms. The highest BCUT2D eigenvalue weighted by Gasteiger charge is 2.03. The number of hydrogen-bond donors (Lipinski definition) is 1. The third-order valence-electron chi connectivity index (χ3n) is 2.92. The molecule has 0 saturated heterocycles. The number of aromatic nitrogens is 3. The fourth-order valence-electron chi connectivity index (χ4n) is 1.89. The normalized spacial score (nSPS) is 10.7. The molecule has 0 unspecified atom stereocenters. The van der Waals surface area contributed by atoms with Crippen LogP contribution in [0.5, 0.6) is 0 Å². The highest BCUT2D eigenvalue weighted by atomic mass is 127. The van der Waals surface area contributed by atoms with Crippen molar-refractivity contribution in [3.63, 3.8) is 0 Å². The molecule has 5 nitrogen and oxygen atoms in total. The first kappa shape index (κ1) is 15.0. The Hall–Kier alpha value is -1.44. The number of aryl methyl sites for hydroxylation is 1. The van der Waals surface area contributed by atoms with Crippen LogP contribution in [-0.4, -0.2) is 26.1 Å². The number of carboxylic acids is 1. The van der Waals surface area contributed by atoms with Gasteiger partial charge in [0.2, 0.25) is 0 Å². The second kappa shape index (κ2) is 7.37. The largest absolute Gasteiger partial charge is 0.481 e. The Bertz CT molecular complexity index is 566. The van der Waals surface area contributed by atoms with Gasteiger partial charge in [0.05, 0.1) is 12.2 Å². The molecule has 1 heterocycles. The summed E-state index contributed by atoms with van der Waals surface area (Å²) >= 11 is 2.28. The minimum atomic E-state index is -0.743. The molecule has 2 aromatic rings. The summed E-state index contributed by atoms with van der Waals surface area (Å²) in [5.41, 5.74) is 2.11. The van der Waals surface area contributed by atoms with Crippen LogP contribution in [0.3, 0.4) is 0 Å². The number of carboxylic acid groups (broad SMARTS) is 1. The van der Waals surface area contributed by atoms with Crippen LogP contribution in [-0.2, 0) is 17.8 Å². The van der Waals surface area contributed by atoms with E-state index in [9.17, 15) is 4.79 Å². The topological polar surface area (TPSA) is 68.0 Å². The van der Waals surface area contributed by atoms with Gasteiger partial charge in [-0.15, -0.1) is 5.10 Å². The van der Waals surface area contributed by atoms with Gasteiger partial charge in [0.15, 0.2) is 0 Å². The summed E-state index contributed by atoms with van der Waals surface area (Å²) in [6.07, 6.45) is 4.43. The van der Waals surface area contributed by atoms with E-state index in [1.165, 1.54) is 9.13 Å². The lowest BCUT2D eigenvalue weighted by atomic mass is 10.1. The van der Waals surface area contributed by atoms with Crippen molar-refractivity contribution < 1.29 is 9.90 Å². The van der Waals surface area contributed by atoms with Crippen LogP contribution in [0.1, 0.15) is 30.5 Å². The Kier molecular flexibility index (Phi) is 5.51. The SMILES string of the molecule is O=C(O)CCCCc1cn(Cc2ccc(I)cc2)nn1. The molecular formula is C14H16IN3O2. The number of unbranched alkanes of at least 4 members (excludes halogenated alkanes) is 1. The first-order valence-corrected chi connectivity index (χ1v) is 7.56. The third-order valence-corrected chi connectivity index (χ3v) is 3.64. The molecule has 6 heteroatoms. The van der Waals surface area contributed by atoms with Crippen molar-refractivity contribution in [2.24, 2.45) is 0 Å². The van der Waals surface area contributed by atoms with Crippen molar-refractivity contribution in [1.29, 1.82) is 0 Å². The number of aliphatic carboxylic acids is 1. The van der Waals surface area contributed by atoms with Crippen molar-refractivity contribution in [3.05, 3.63) is 45.3 Å². The van der Waals surface area contributed by atoms with Crippen LogP contribution in [0, 0.1) is 3.57 Å². The molecule has 0 spiro atoms. The van der Waals surface area contributed by atoms with E-state index in [4.69, 9.17) is 5.11 Å². The Balaban J connectivity index is 1.82. The van der Waals surface area contributed by atoms with Gasteiger partial charge in [-0.05, 0) is 59.5 Å². The molecule has 0 aliphatic carbocycles. The number of carbonyl (C=O) groups is 1. The van der Waals surface area contributed by atoms with Crippen molar-refractivity contribution in [3.8, 4) is 0 Å². The highest BCUT2D eigenvalue weighted by molar-refractivity contribution is 14.1. The standard InChI is InChI=1S/C14H16IN3O2/c15-12-7-5-11(6-8-12)9-18-10-13(16-17-18)3-1-2-4-14(19)20/h5-8,10H,1-4,9H2,(H,19,20). The predicted octanol–water partition coefficient (Wildman–Crippen LogP) is 2.73. The maximum absolute atomic E-state index is 10.4. The molecule has 0 aliphatic rings. The van der Waals surface area contributed by atoms with Gasteiger partial charge in [-0.25, -0.2) is 4.68 Å².